The van der Waals surface area contributed by atoms with E-state index >= 15 is 0 Å². The van der Waals surface area contributed by atoms with Gasteiger partial charge in [-0.15, -0.1) is 0 Å². The number of carbonyl (C=O) groups is 1. The van der Waals surface area contributed by atoms with Gasteiger partial charge in [0.1, 0.15) is 17.9 Å². The Labute approximate surface area is 130 Å². The number of nitriles is 1. The van der Waals surface area contributed by atoms with Crippen LogP contribution in [-0.2, 0) is 4.79 Å². The minimum absolute atomic E-state index is 0.00855. The predicted octanol–water partition coefficient (Wildman–Crippen LogP) is 2.32. The van der Waals surface area contributed by atoms with Crippen molar-refractivity contribution in [3.05, 3.63) is 29.8 Å². The van der Waals surface area contributed by atoms with Gasteiger partial charge in [-0.2, -0.15) is 5.26 Å². The number of hydrogen-bond donors (Lipinski definition) is 2. The number of rotatable bonds is 5. The molecule has 2 atom stereocenters. The number of nitrogens with zero attached hydrogens (tertiary/aromatic N) is 1. The number of amides is 1. The molecule has 0 radical (unpaired) electrons. The zero-order chi connectivity index (χ0) is 15.9. The summed E-state index contributed by atoms with van der Waals surface area (Å²) in [6.45, 7) is 0. The Morgan fingerprint density at radius 1 is 1.36 bits per heavy atom. The fourth-order valence-electron chi connectivity index (χ4n) is 2.98. The molecule has 1 aromatic carbocycles. The molecule has 1 fully saturated rings. The summed E-state index contributed by atoms with van der Waals surface area (Å²) in [6.07, 6.45) is 3.92. The number of benzene rings is 1. The molecule has 0 saturated heterocycles. The second-order valence-corrected chi connectivity index (χ2v) is 5.66. The molecule has 1 amide bonds. The number of hydrogen-bond acceptors (Lipinski definition) is 4. The lowest BCUT2D eigenvalue weighted by Crippen LogP contribution is -2.41. The van der Waals surface area contributed by atoms with Crippen molar-refractivity contribution < 1.29 is 14.6 Å². The first kappa shape index (κ1) is 16.3. The van der Waals surface area contributed by atoms with Crippen molar-refractivity contribution in [2.24, 2.45) is 5.92 Å². The summed E-state index contributed by atoms with van der Waals surface area (Å²) in [6, 6.07) is 8.29. The highest BCUT2D eigenvalue weighted by atomic mass is 16.5. The van der Waals surface area contributed by atoms with Crippen LogP contribution < -0.4 is 10.1 Å². The van der Waals surface area contributed by atoms with E-state index in [1.165, 1.54) is 7.11 Å². The number of aliphatic hydroxyl groups excluding tert-OH is 1. The van der Waals surface area contributed by atoms with Gasteiger partial charge in [0.25, 0.3) is 0 Å². The van der Waals surface area contributed by atoms with Crippen LogP contribution in [0.1, 0.15) is 43.7 Å². The van der Waals surface area contributed by atoms with E-state index in [1.807, 2.05) is 0 Å². The molecule has 0 spiro atoms. The monoisotopic (exact) mass is 302 g/mol. The van der Waals surface area contributed by atoms with Crippen LogP contribution in [0.3, 0.4) is 0 Å². The van der Waals surface area contributed by atoms with E-state index < -0.39 is 18.1 Å². The third-order valence-electron chi connectivity index (χ3n) is 4.23. The molecule has 22 heavy (non-hydrogen) atoms. The molecule has 0 aromatic heterocycles. The summed E-state index contributed by atoms with van der Waals surface area (Å²) < 4.78 is 5.22. The molecule has 5 nitrogen and oxygen atoms in total. The summed E-state index contributed by atoms with van der Waals surface area (Å²) in [5.41, 5.74) is 0.594. The number of aliphatic hydroxyl groups is 1. The van der Waals surface area contributed by atoms with Crippen molar-refractivity contribution in [3.8, 4) is 11.8 Å². The zero-order valence-corrected chi connectivity index (χ0v) is 12.8. The number of para-hydroxylation sites is 1. The number of nitrogens with one attached hydrogen (secondary N) is 1. The van der Waals surface area contributed by atoms with Gasteiger partial charge in [0.2, 0.25) is 5.91 Å². The molecule has 1 aromatic rings. The van der Waals surface area contributed by atoms with Gasteiger partial charge in [0, 0.05) is 5.56 Å². The van der Waals surface area contributed by atoms with Crippen LogP contribution >= 0.6 is 0 Å². The Kier molecular flexibility index (Phi) is 5.79. The zero-order valence-electron chi connectivity index (χ0n) is 12.8. The van der Waals surface area contributed by atoms with Crippen molar-refractivity contribution in [2.45, 2.75) is 44.2 Å². The van der Waals surface area contributed by atoms with Gasteiger partial charge in [0.15, 0.2) is 0 Å². The van der Waals surface area contributed by atoms with Crippen LogP contribution in [-0.4, -0.2) is 24.2 Å². The lowest BCUT2D eigenvalue weighted by Gasteiger charge is -2.26. The quantitative estimate of drug-likeness (QED) is 0.874. The molecule has 2 rings (SSSR count). The van der Waals surface area contributed by atoms with Gasteiger partial charge >= 0.3 is 0 Å². The molecule has 2 N–H and O–H groups in total. The standard InChI is InChI=1S/C17H22N2O3/c1-22-15-10-6-5-9-13(15)14(11-18)19-17(21)16(20)12-7-3-2-4-8-12/h5-6,9-10,12,14,16,20H,2-4,7-8H2,1H3,(H,19,21)/t14-,16+/m1/s1. The maximum absolute atomic E-state index is 12.2. The molecule has 0 bridgehead atoms. The van der Waals surface area contributed by atoms with Crippen molar-refractivity contribution >= 4 is 5.91 Å². The van der Waals surface area contributed by atoms with Crippen molar-refractivity contribution in [3.63, 3.8) is 0 Å². The molecule has 0 unspecified atom stereocenters. The lowest BCUT2D eigenvalue weighted by molar-refractivity contribution is -0.133. The summed E-state index contributed by atoms with van der Waals surface area (Å²) >= 11 is 0. The summed E-state index contributed by atoms with van der Waals surface area (Å²) in [5, 5.41) is 22.2. The predicted molar refractivity (Wildman–Crippen MR) is 82.1 cm³/mol. The molecule has 118 valence electrons. The van der Waals surface area contributed by atoms with Gasteiger partial charge in [0.05, 0.1) is 13.2 Å². The molecule has 1 aliphatic carbocycles. The first-order chi connectivity index (χ1) is 10.7. The highest BCUT2D eigenvalue weighted by molar-refractivity contribution is 5.81. The maximum Gasteiger partial charge on any atom is 0.250 e. The van der Waals surface area contributed by atoms with E-state index in [9.17, 15) is 15.2 Å². The van der Waals surface area contributed by atoms with E-state index in [4.69, 9.17) is 4.74 Å². The molecule has 1 aliphatic rings. The molecule has 0 heterocycles. The van der Waals surface area contributed by atoms with Crippen LogP contribution in [0.5, 0.6) is 5.75 Å². The number of ether oxygens (including phenoxy) is 1. The smallest absolute Gasteiger partial charge is 0.250 e. The van der Waals surface area contributed by atoms with E-state index in [0.29, 0.717) is 11.3 Å². The maximum atomic E-state index is 12.2. The van der Waals surface area contributed by atoms with Crippen LogP contribution in [0.25, 0.3) is 0 Å². The first-order valence-electron chi connectivity index (χ1n) is 7.68. The van der Waals surface area contributed by atoms with Gasteiger partial charge in [-0.1, -0.05) is 37.5 Å². The lowest BCUT2D eigenvalue weighted by atomic mass is 9.85. The average Bonchev–Trinajstić information content (AvgIpc) is 2.59. The molecular weight excluding hydrogens is 280 g/mol. The molecular formula is C17H22N2O3. The minimum atomic E-state index is -1.05. The largest absolute Gasteiger partial charge is 0.496 e. The van der Waals surface area contributed by atoms with Crippen LogP contribution in [0.15, 0.2) is 24.3 Å². The Bertz CT molecular complexity index is 547. The number of methoxy groups -OCH3 is 1. The molecule has 0 aliphatic heterocycles. The van der Waals surface area contributed by atoms with Gasteiger partial charge in [-0.3, -0.25) is 4.79 Å². The van der Waals surface area contributed by atoms with E-state index in [-0.39, 0.29) is 5.92 Å². The van der Waals surface area contributed by atoms with Crippen molar-refractivity contribution in [1.82, 2.24) is 5.32 Å². The van der Waals surface area contributed by atoms with Gasteiger partial charge in [-0.05, 0) is 24.8 Å². The SMILES string of the molecule is COc1ccccc1[C@@H](C#N)NC(=O)[C@@H](O)C1CCCCC1. The Balaban J connectivity index is 2.06. The summed E-state index contributed by atoms with van der Waals surface area (Å²) in [5.74, 6) is 0.0524. The Morgan fingerprint density at radius 3 is 2.68 bits per heavy atom. The topological polar surface area (TPSA) is 82.3 Å². The highest BCUT2D eigenvalue weighted by Crippen LogP contribution is 2.28. The Hall–Kier alpha value is -2.06. The minimum Gasteiger partial charge on any atom is -0.496 e. The second kappa shape index (κ2) is 7.81. The van der Waals surface area contributed by atoms with Gasteiger partial charge in [-0.25, -0.2) is 0 Å². The third-order valence-corrected chi connectivity index (χ3v) is 4.23. The third kappa shape index (κ3) is 3.77. The summed E-state index contributed by atoms with van der Waals surface area (Å²) in [7, 11) is 1.52. The number of carbonyl (C=O) groups excluding carboxylic acids is 1. The van der Waals surface area contributed by atoms with E-state index in [0.717, 1.165) is 32.1 Å². The van der Waals surface area contributed by atoms with Crippen molar-refractivity contribution in [2.75, 3.05) is 7.11 Å². The van der Waals surface area contributed by atoms with E-state index in [1.54, 1.807) is 24.3 Å². The first-order valence-corrected chi connectivity index (χ1v) is 7.68. The van der Waals surface area contributed by atoms with E-state index in [2.05, 4.69) is 11.4 Å². The van der Waals surface area contributed by atoms with Crippen LogP contribution in [0.2, 0.25) is 0 Å². The fraction of sp³-hybridized carbons (Fsp3) is 0.529. The normalized spacial score (nSPS) is 18.0. The molecule has 1 saturated carbocycles. The molecule has 5 heteroatoms. The highest BCUT2D eigenvalue weighted by Gasteiger charge is 2.29. The van der Waals surface area contributed by atoms with Crippen LogP contribution in [0.4, 0.5) is 0 Å². The Morgan fingerprint density at radius 2 is 2.05 bits per heavy atom. The second-order valence-electron chi connectivity index (χ2n) is 5.66. The fourth-order valence-corrected chi connectivity index (χ4v) is 2.98. The summed E-state index contributed by atoms with van der Waals surface area (Å²) in [4.78, 5) is 12.2. The van der Waals surface area contributed by atoms with Crippen LogP contribution in [0, 0.1) is 17.2 Å². The average molecular weight is 302 g/mol. The van der Waals surface area contributed by atoms with Gasteiger partial charge < -0.3 is 15.2 Å². The van der Waals surface area contributed by atoms with Crippen molar-refractivity contribution in [1.29, 1.82) is 5.26 Å².